The van der Waals surface area contributed by atoms with Crippen molar-refractivity contribution in [3.8, 4) is 0 Å². The van der Waals surface area contributed by atoms with Crippen molar-refractivity contribution >= 4 is 44.1 Å². The Morgan fingerprint density at radius 1 is 1.11 bits per heavy atom. The lowest BCUT2D eigenvalue weighted by Crippen LogP contribution is -1.88. The summed E-state index contributed by atoms with van der Waals surface area (Å²) < 4.78 is 1.23. The third kappa shape index (κ3) is 2.60. The van der Waals surface area contributed by atoms with E-state index in [1.165, 1.54) is 15.2 Å². The van der Waals surface area contributed by atoms with Crippen LogP contribution in [-0.4, -0.2) is 11.2 Å². The largest absolute Gasteiger partial charge is 0.332 e. The van der Waals surface area contributed by atoms with Crippen LogP contribution in [0.1, 0.15) is 5.56 Å². The zero-order chi connectivity index (χ0) is 13.2. The van der Waals surface area contributed by atoms with Gasteiger partial charge in [0.15, 0.2) is 5.13 Å². The van der Waals surface area contributed by atoms with Gasteiger partial charge in [-0.2, -0.15) is 0 Å². The van der Waals surface area contributed by atoms with Gasteiger partial charge in [0.1, 0.15) is 0 Å². The number of anilines is 2. The molecule has 0 atom stereocenters. The molecule has 0 unspecified atom stereocenters. The Kier molecular flexibility index (Phi) is 3.44. The summed E-state index contributed by atoms with van der Waals surface area (Å²) in [5, 5.41) is 4.32. The van der Waals surface area contributed by atoms with Gasteiger partial charge in [0.25, 0.3) is 0 Å². The monoisotopic (exact) mass is 286 g/mol. The number of thiazole rings is 1. The van der Waals surface area contributed by atoms with E-state index in [-0.39, 0.29) is 0 Å². The van der Waals surface area contributed by atoms with Gasteiger partial charge < -0.3 is 5.32 Å². The molecule has 1 N–H and O–H groups in total. The van der Waals surface area contributed by atoms with E-state index in [2.05, 4.69) is 65.9 Å². The Morgan fingerprint density at radius 3 is 2.58 bits per heavy atom. The molecule has 3 rings (SSSR count). The van der Waals surface area contributed by atoms with Crippen LogP contribution < -0.4 is 5.32 Å². The highest BCUT2D eigenvalue weighted by Gasteiger charge is 2.05. The van der Waals surface area contributed by atoms with Crippen LogP contribution in [0.15, 0.2) is 47.4 Å². The fourth-order valence-corrected chi connectivity index (χ4v) is 3.31. The number of thioether (sulfide) groups is 1. The Hall–Kier alpha value is -1.52. The van der Waals surface area contributed by atoms with Crippen molar-refractivity contribution in [2.75, 3.05) is 11.6 Å². The zero-order valence-electron chi connectivity index (χ0n) is 10.8. The van der Waals surface area contributed by atoms with E-state index in [0.29, 0.717) is 0 Å². The molecule has 4 heteroatoms. The molecule has 2 aromatic carbocycles. The van der Waals surface area contributed by atoms with Gasteiger partial charge in [-0.05, 0) is 49.1 Å². The van der Waals surface area contributed by atoms with Crippen molar-refractivity contribution in [2.24, 2.45) is 0 Å². The maximum atomic E-state index is 4.65. The minimum Gasteiger partial charge on any atom is -0.332 e. The van der Waals surface area contributed by atoms with E-state index in [1.54, 1.807) is 23.1 Å². The van der Waals surface area contributed by atoms with E-state index in [9.17, 15) is 0 Å². The van der Waals surface area contributed by atoms with Crippen LogP contribution >= 0.6 is 23.1 Å². The summed E-state index contributed by atoms with van der Waals surface area (Å²) >= 11 is 3.44. The highest BCUT2D eigenvalue weighted by atomic mass is 32.2. The highest BCUT2D eigenvalue weighted by molar-refractivity contribution is 7.98. The first-order valence-electron chi connectivity index (χ1n) is 6.03. The molecule has 0 amide bonds. The molecule has 1 heterocycles. The number of hydrogen-bond donors (Lipinski definition) is 1. The minimum atomic E-state index is 0.946. The molecule has 3 aromatic rings. The van der Waals surface area contributed by atoms with E-state index in [1.807, 2.05) is 0 Å². The first-order chi connectivity index (χ1) is 9.26. The second kappa shape index (κ2) is 5.23. The van der Waals surface area contributed by atoms with Gasteiger partial charge in [-0.25, -0.2) is 4.98 Å². The third-order valence-electron chi connectivity index (χ3n) is 2.96. The molecule has 0 aliphatic carbocycles. The number of para-hydroxylation sites is 1. The first-order valence-corrected chi connectivity index (χ1v) is 8.07. The molecule has 0 radical (unpaired) electrons. The second-order valence-electron chi connectivity index (χ2n) is 4.29. The molecule has 0 spiro atoms. The van der Waals surface area contributed by atoms with Crippen LogP contribution in [0, 0.1) is 6.92 Å². The van der Waals surface area contributed by atoms with E-state index in [4.69, 9.17) is 0 Å². The molecule has 96 valence electrons. The van der Waals surface area contributed by atoms with Crippen LogP contribution in [0.2, 0.25) is 0 Å². The Bertz CT molecular complexity index is 702. The number of benzene rings is 2. The van der Waals surface area contributed by atoms with Crippen LogP contribution in [-0.2, 0) is 0 Å². The number of hydrogen-bond acceptors (Lipinski definition) is 4. The number of nitrogens with zero attached hydrogens (tertiary/aromatic N) is 1. The lowest BCUT2D eigenvalue weighted by Gasteiger charge is -2.02. The summed E-state index contributed by atoms with van der Waals surface area (Å²) in [6.45, 7) is 2.10. The molecule has 0 saturated heterocycles. The average Bonchev–Trinajstić information content (AvgIpc) is 2.84. The summed E-state index contributed by atoms with van der Waals surface area (Å²) in [6, 6.07) is 14.7. The van der Waals surface area contributed by atoms with Crippen molar-refractivity contribution in [2.45, 2.75) is 11.8 Å². The average molecular weight is 286 g/mol. The van der Waals surface area contributed by atoms with Gasteiger partial charge in [0.05, 0.1) is 10.2 Å². The standard InChI is InChI=1S/C15H14N2S2/c1-10-4-3-5-13-14(10)17-15(19-13)16-11-6-8-12(18-2)9-7-11/h3-9H,1-2H3,(H,16,17). The topological polar surface area (TPSA) is 24.9 Å². The molecular formula is C15H14N2S2. The molecular weight excluding hydrogens is 272 g/mol. The lowest BCUT2D eigenvalue weighted by atomic mass is 10.2. The third-order valence-corrected chi connectivity index (χ3v) is 4.64. The van der Waals surface area contributed by atoms with Gasteiger partial charge in [-0.1, -0.05) is 23.5 Å². The van der Waals surface area contributed by atoms with Gasteiger partial charge in [-0.3, -0.25) is 0 Å². The molecule has 2 nitrogen and oxygen atoms in total. The maximum Gasteiger partial charge on any atom is 0.188 e. The summed E-state index contributed by atoms with van der Waals surface area (Å²) in [5.41, 5.74) is 3.39. The van der Waals surface area contributed by atoms with E-state index < -0.39 is 0 Å². The van der Waals surface area contributed by atoms with Crippen molar-refractivity contribution in [1.29, 1.82) is 0 Å². The van der Waals surface area contributed by atoms with Gasteiger partial charge >= 0.3 is 0 Å². The number of aryl methyl sites for hydroxylation is 1. The molecule has 0 fully saturated rings. The SMILES string of the molecule is CSc1ccc(Nc2nc3c(C)cccc3s2)cc1. The smallest absolute Gasteiger partial charge is 0.188 e. The molecule has 0 bridgehead atoms. The van der Waals surface area contributed by atoms with Crippen molar-refractivity contribution in [3.05, 3.63) is 48.0 Å². The molecule has 0 aliphatic heterocycles. The quantitative estimate of drug-likeness (QED) is 0.680. The van der Waals surface area contributed by atoms with Crippen LogP contribution in [0.5, 0.6) is 0 Å². The Labute approximate surface area is 120 Å². The highest BCUT2D eigenvalue weighted by Crippen LogP contribution is 2.30. The zero-order valence-corrected chi connectivity index (χ0v) is 12.4. The second-order valence-corrected chi connectivity index (χ2v) is 6.20. The van der Waals surface area contributed by atoms with Crippen LogP contribution in [0.25, 0.3) is 10.2 Å². The number of aromatic nitrogens is 1. The van der Waals surface area contributed by atoms with Gasteiger partial charge in [-0.15, -0.1) is 11.8 Å². The normalized spacial score (nSPS) is 10.8. The van der Waals surface area contributed by atoms with Crippen molar-refractivity contribution < 1.29 is 0 Å². The van der Waals surface area contributed by atoms with Gasteiger partial charge in [0, 0.05) is 10.6 Å². The first kappa shape index (κ1) is 12.5. The molecule has 0 aliphatic rings. The summed E-state index contributed by atoms with van der Waals surface area (Å²) in [7, 11) is 0. The minimum absolute atomic E-state index is 0.946. The Morgan fingerprint density at radius 2 is 1.89 bits per heavy atom. The maximum absolute atomic E-state index is 4.65. The number of rotatable bonds is 3. The fourth-order valence-electron chi connectivity index (χ4n) is 1.94. The predicted octanol–water partition coefficient (Wildman–Crippen LogP) is 5.07. The van der Waals surface area contributed by atoms with Crippen LogP contribution in [0.4, 0.5) is 10.8 Å². The Balaban J connectivity index is 1.90. The summed E-state index contributed by atoms with van der Waals surface area (Å²) in [5.74, 6) is 0. The molecule has 19 heavy (non-hydrogen) atoms. The van der Waals surface area contributed by atoms with E-state index >= 15 is 0 Å². The van der Waals surface area contributed by atoms with Crippen LogP contribution in [0.3, 0.4) is 0 Å². The number of nitrogens with one attached hydrogen (secondary N) is 1. The lowest BCUT2D eigenvalue weighted by molar-refractivity contribution is 1.39. The van der Waals surface area contributed by atoms with Gasteiger partial charge in [0.2, 0.25) is 0 Å². The summed E-state index contributed by atoms with van der Waals surface area (Å²) in [6.07, 6.45) is 2.08. The van der Waals surface area contributed by atoms with Crippen molar-refractivity contribution in [3.63, 3.8) is 0 Å². The fraction of sp³-hybridized carbons (Fsp3) is 0.133. The number of fused-ring (bicyclic) bond motifs is 1. The van der Waals surface area contributed by atoms with Crippen molar-refractivity contribution in [1.82, 2.24) is 4.98 Å². The predicted molar refractivity (Wildman–Crippen MR) is 85.9 cm³/mol. The molecule has 0 saturated carbocycles. The molecule has 1 aromatic heterocycles. The summed E-state index contributed by atoms with van der Waals surface area (Å²) in [4.78, 5) is 5.92. The van der Waals surface area contributed by atoms with E-state index in [0.717, 1.165) is 16.3 Å².